The van der Waals surface area contributed by atoms with Crippen LogP contribution in [0, 0.1) is 23.7 Å². The fourth-order valence-electron chi connectivity index (χ4n) is 5.67. The van der Waals surface area contributed by atoms with Gasteiger partial charge in [-0.2, -0.15) is 0 Å². The normalized spacial score (nSPS) is 59.1. The van der Waals surface area contributed by atoms with E-state index in [4.69, 9.17) is 24.0 Å². The molecule has 0 amide bonds. The Hall–Kier alpha value is -0.730. The van der Waals surface area contributed by atoms with Crippen molar-refractivity contribution in [3.63, 3.8) is 0 Å². The smallest absolute Gasteiger partial charge is 0.323 e. The highest BCUT2D eigenvalue weighted by Gasteiger charge is 2.73. The number of carbonyl (C=O) groups is 1. The maximum atomic E-state index is 11.8. The molecule has 134 valence electrons. The molecule has 2 spiro atoms. The SMILES string of the molecule is C[C@@H]1CCC2[C@@H](C)C3(NCC(=O)O3)O[C@@H]3O[C@]4(C)CCC1C23OO4. The number of rotatable bonds is 0. The van der Waals surface area contributed by atoms with Gasteiger partial charge in [0.2, 0.25) is 5.79 Å². The van der Waals surface area contributed by atoms with E-state index in [9.17, 15) is 4.79 Å². The molecule has 4 unspecified atom stereocenters. The van der Waals surface area contributed by atoms with Crippen molar-refractivity contribution >= 4 is 5.97 Å². The first-order valence-corrected chi connectivity index (χ1v) is 9.08. The lowest BCUT2D eigenvalue weighted by molar-refractivity contribution is -0.585. The van der Waals surface area contributed by atoms with Crippen molar-refractivity contribution in [1.29, 1.82) is 0 Å². The van der Waals surface area contributed by atoms with Crippen LogP contribution in [-0.4, -0.2) is 36.1 Å². The van der Waals surface area contributed by atoms with E-state index in [2.05, 4.69) is 19.2 Å². The zero-order valence-corrected chi connectivity index (χ0v) is 14.4. The van der Waals surface area contributed by atoms with Gasteiger partial charge in [-0.05, 0) is 38.0 Å². The maximum absolute atomic E-state index is 11.8. The summed E-state index contributed by atoms with van der Waals surface area (Å²) in [6, 6.07) is 0. The minimum absolute atomic E-state index is 0.0511. The van der Waals surface area contributed by atoms with E-state index in [1.807, 2.05) is 6.92 Å². The standard InChI is InChI=1S/C17H25NO6/c1-9-4-5-12-10(2)17(18-8-13(19)20-17)22-14-16(12)11(9)6-7-15(3,21-14)23-24-16/h9-12,14,18H,4-8H2,1-3H3/t9-,10-,11?,12?,14+,15+,16?,17?/m1/s1. The van der Waals surface area contributed by atoms with Crippen molar-refractivity contribution in [3.05, 3.63) is 0 Å². The Kier molecular flexibility index (Phi) is 3.04. The average Bonchev–Trinajstić information content (AvgIpc) is 2.76. The highest BCUT2D eigenvalue weighted by molar-refractivity contribution is 5.74. The van der Waals surface area contributed by atoms with Gasteiger partial charge in [-0.3, -0.25) is 9.53 Å². The van der Waals surface area contributed by atoms with E-state index in [0.29, 0.717) is 11.8 Å². The Balaban J connectivity index is 1.62. The molecule has 0 aromatic carbocycles. The zero-order chi connectivity index (χ0) is 16.7. The number of hydrogen-bond donors (Lipinski definition) is 1. The molecule has 6 rings (SSSR count). The molecule has 6 aliphatic rings. The molecule has 1 aliphatic carbocycles. The molecule has 8 atom stereocenters. The lowest BCUT2D eigenvalue weighted by Crippen LogP contribution is -2.75. The monoisotopic (exact) mass is 339 g/mol. The van der Waals surface area contributed by atoms with Crippen LogP contribution >= 0.6 is 0 Å². The van der Waals surface area contributed by atoms with Crippen molar-refractivity contribution < 1.29 is 28.8 Å². The first-order valence-electron chi connectivity index (χ1n) is 9.08. The minimum atomic E-state index is -1.12. The molecule has 5 aliphatic heterocycles. The van der Waals surface area contributed by atoms with Crippen LogP contribution in [0.3, 0.4) is 0 Å². The van der Waals surface area contributed by atoms with E-state index < -0.39 is 23.6 Å². The fourth-order valence-corrected chi connectivity index (χ4v) is 5.67. The summed E-state index contributed by atoms with van der Waals surface area (Å²) in [4.78, 5) is 23.6. The van der Waals surface area contributed by atoms with Gasteiger partial charge in [0.25, 0.3) is 5.91 Å². The van der Waals surface area contributed by atoms with Crippen molar-refractivity contribution in [1.82, 2.24) is 5.32 Å². The summed E-state index contributed by atoms with van der Waals surface area (Å²) >= 11 is 0. The molecule has 0 aromatic rings. The molecule has 1 N–H and O–H groups in total. The molecule has 2 bridgehead atoms. The number of hydrogen-bond acceptors (Lipinski definition) is 7. The highest BCUT2D eigenvalue weighted by Crippen LogP contribution is 2.62. The van der Waals surface area contributed by atoms with Gasteiger partial charge in [-0.25, -0.2) is 15.1 Å². The highest BCUT2D eigenvalue weighted by atomic mass is 17.3. The second-order valence-corrected chi connectivity index (χ2v) is 8.31. The number of ether oxygens (including phenoxy) is 3. The first-order chi connectivity index (χ1) is 11.4. The van der Waals surface area contributed by atoms with E-state index in [1.165, 1.54) is 0 Å². The summed E-state index contributed by atoms with van der Waals surface area (Å²) < 4.78 is 18.1. The summed E-state index contributed by atoms with van der Waals surface area (Å²) in [5, 5.41) is 3.14. The second kappa shape index (κ2) is 4.71. The van der Waals surface area contributed by atoms with Crippen LogP contribution < -0.4 is 5.32 Å². The number of esters is 1. The quantitative estimate of drug-likeness (QED) is 0.531. The molecule has 7 nitrogen and oxygen atoms in total. The average molecular weight is 339 g/mol. The predicted molar refractivity (Wildman–Crippen MR) is 79.9 cm³/mol. The van der Waals surface area contributed by atoms with Crippen LogP contribution in [0.25, 0.3) is 0 Å². The minimum Gasteiger partial charge on any atom is -0.417 e. The molecule has 24 heavy (non-hydrogen) atoms. The molecular formula is C17H25NO6. The van der Waals surface area contributed by atoms with E-state index >= 15 is 0 Å². The van der Waals surface area contributed by atoms with Gasteiger partial charge in [-0.15, -0.1) is 0 Å². The lowest BCUT2D eigenvalue weighted by atomic mass is 9.57. The Labute approximate surface area is 141 Å². The molecule has 7 heteroatoms. The van der Waals surface area contributed by atoms with Crippen molar-refractivity contribution in [2.75, 3.05) is 6.54 Å². The molecule has 1 saturated carbocycles. The van der Waals surface area contributed by atoms with Crippen LogP contribution in [0.4, 0.5) is 0 Å². The van der Waals surface area contributed by atoms with Gasteiger partial charge < -0.3 is 9.47 Å². The Morgan fingerprint density at radius 2 is 1.92 bits per heavy atom. The van der Waals surface area contributed by atoms with Gasteiger partial charge in [0.05, 0.1) is 6.54 Å². The molecule has 0 aromatic heterocycles. The van der Waals surface area contributed by atoms with Crippen LogP contribution in [0.2, 0.25) is 0 Å². The topological polar surface area (TPSA) is 75.3 Å². The maximum Gasteiger partial charge on any atom is 0.323 e. The third-order valence-corrected chi connectivity index (χ3v) is 7.01. The van der Waals surface area contributed by atoms with Crippen molar-refractivity contribution in [3.8, 4) is 0 Å². The summed E-state index contributed by atoms with van der Waals surface area (Å²) in [6.45, 7) is 6.39. The number of fused-ring (bicyclic) bond motifs is 2. The van der Waals surface area contributed by atoms with Crippen molar-refractivity contribution in [2.24, 2.45) is 23.7 Å². The first kappa shape index (κ1) is 15.5. The Morgan fingerprint density at radius 1 is 1.08 bits per heavy atom. The van der Waals surface area contributed by atoms with Crippen LogP contribution in [0.1, 0.15) is 46.5 Å². The molecule has 0 radical (unpaired) electrons. The number of nitrogens with one attached hydrogen (secondary N) is 1. The van der Waals surface area contributed by atoms with Crippen LogP contribution in [0.15, 0.2) is 0 Å². The summed E-state index contributed by atoms with van der Waals surface area (Å²) in [5.41, 5.74) is -0.630. The summed E-state index contributed by atoms with van der Waals surface area (Å²) in [5.74, 6) is -1.32. The molecule has 5 heterocycles. The van der Waals surface area contributed by atoms with Gasteiger partial charge >= 0.3 is 5.97 Å². The van der Waals surface area contributed by atoms with Gasteiger partial charge in [-0.1, -0.05) is 13.8 Å². The summed E-state index contributed by atoms with van der Waals surface area (Å²) in [6.07, 6.45) is 3.25. The third kappa shape index (κ3) is 1.77. The fraction of sp³-hybridized carbons (Fsp3) is 0.941. The lowest BCUT2D eigenvalue weighted by Gasteiger charge is -2.61. The summed E-state index contributed by atoms with van der Waals surface area (Å²) in [7, 11) is 0. The predicted octanol–water partition coefficient (Wildman–Crippen LogP) is 1.67. The largest absolute Gasteiger partial charge is 0.417 e. The van der Waals surface area contributed by atoms with Crippen LogP contribution in [0.5, 0.6) is 0 Å². The molecule has 6 fully saturated rings. The van der Waals surface area contributed by atoms with E-state index in [-0.39, 0.29) is 24.3 Å². The van der Waals surface area contributed by atoms with E-state index in [0.717, 1.165) is 25.7 Å². The Morgan fingerprint density at radius 3 is 2.67 bits per heavy atom. The zero-order valence-electron chi connectivity index (χ0n) is 14.4. The molecule has 5 saturated heterocycles. The van der Waals surface area contributed by atoms with Gasteiger partial charge in [0.15, 0.2) is 11.9 Å². The van der Waals surface area contributed by atoms with Gasteiger partial charge in [0.1, 0.15) is 0 Å². The molecular weight excluding hydrogens is 314 g/mol. The third-order valence-electron chi connectivity index (χ3n) is 7.01. The van der Waals surface area contributed by atoms with Crippen LogP contribution in [-0.2, 0) is 28.8 Å². The Bertz CT molecular complexity index is 585. The van der Waals surface area contributed by atoms with Gasteiger partial charge in [0, 0.05) is 18.3 Å². The number of carbonyl (C=O) groups excluding carboxylic acids is 1. The van der Waals surface area contributed by atoms with E-state index in [1.54, 1.807) is 0 Å². The second-order valence-electron chi connectivity index (χ2n) is 8.31. The van der Waals surface area contributed by atoms with Crippen molar-refractivity contribution in [2.45, 2.75) is 70.0 Å².